The van der Waals surface area contributed by atoms with Crippen molar-refractivity contribution in [2.75, 3.05) is 64.3 Å². The molecule has 0 spiro atoms. The number of benzene rings is 1. The molecular weight excluding hydrogens is 440 g/mol. The standard InChI is InChI=1S/C20H25BrN4O4/c1-27-16-10-15(11-17(28-2)20(16)29-3)23-19(26)13-24-6-8-25(9-7-24)18-5-4-14(21)12-22-18/h4-5,10-12H,6-9,13H2,1-3H3,(H,23,26). The number of hydrogen-bond donors (Lipinski definition) is 1. The van der Waals surface area contributed by atoms with Gasteiger partial charge in [0.25, 0.3) is 0 Å². The van der Waals surface area contributed by atoms with Crippen LogP contribution in [0.3, 0.4) is 0 Å². The fourth-order valence-corrected chi connectivity index (χ4v) is 3.48. The number of hydrogen-bond acceptors (Lipinski definition) is 7. The minimum atomic E-state index is -0.0884. The third kappa shape index (κ3) is 5.30. The van der Waals surface area contributed by atoms with Gasteiger partial charge in [0, 0.05) is 54.7 Å². The molecule has 3 rings (SSSR count). The van der Waals surface area contributed by atoms with Crippen LogP contribution >= 0.6 is 15.9 Å². The number of methoxy groups -OCH3 is 3. The van der Waals surface area contributed by atoms with E-state index in [1.807, 2.05) is 12.1 Å². The van der Waals surface area contributed by atoms with Crippen LogP contribution in [0.5, 0.6) is 17.2 Å². The van der Waals surface area contributed by atoms with Crippen molar-refractivity contribution in [1.82, 2.24) is 9.88 Å². The van der Waals surface area contributed by atoms with Gasteiger partial charge in [0.2, 0.25) is 11.7 Å². The van der Waals surface area contributed by atoms with Crippen LogP contribution in [-0.2, 0) is 4.79 Å². The maximum absolute atomic E-state index is 12.5. The first-order chi connectivity index (χ1) is 14.0. The molecule has 0 radical (unpaired) electrons. The Kier molecular flexibility index (Phi) is 7.16. The number of carbonyl (C=O) groups is 1. The lowest BCUT2D eigenvalue weighted by atomic mass is 10.2. The molecule has 1 aromatic heterocycles. The molecule has 29 heavy (non-hydrogen) atoms. The van der Waals surface area contributed by atoms with E-state index in [1.165, 1.54) is 0 Å². The molecular formula is C20H25BrN4O4. The van der Waals surface area contributed by atoms with Crippen molar-refractivity contribution in [1.29, 1.82) is 0 Å². The number of aromatic nitrogens is 1. The number of anilines is 2. The van der Waals surface area contributed by atoms with Crippen LogP contribution in [0.25, 0.3) is 0 Å². The number of carbonyl (C=O) groups excluding carboxylic acids is 1. The number of nitrogens with one attached hydrogen (secondary N) is 1. The average Bonchev–Trinajstić information content (AvgIpc) is 2.74. The highest BCUT2D eigenvalue weighted by Crippen LogP contribution is 2.39. The molecule has 0 atom stereocenters. The molecule has 1 aliphatic rings. The molecule has 1 aliphatic heterocycles. The summed E-state index contributed by atoms with van der Waals surface area (Å²) >= 11 is 3.40. The highest BCUT2D eigenvalue weighted by Gasteiger charge is 2.21. The largest absolute Gasteiger partial charge is 0.493 e. The zero-order valence-electron chi connectivity index (χ0n) is 16.8. The van der Waals surface area contributed by atoms with Crippen LogP contribution in [0.4, 0.5) is 11.5 Å². The van der Waals surface area contributed by atoms with Crippen LogP contribution < -0.4 is 24.4 Å². The van der Waals surface area contributed by atoms with Gasteiger partial charge in [-0.2, -0.15) is 0 Å². The Bertz CT molecular complexity index is 814. The van der Waals surface area contributed by atoms with E-state index in [4.69, 9.17) is 14.2 Å². The monoisotopic (exact) mass is 464 g/mol. The van der Waals surface area contributed by atoms with Gasteiger partial charge in [-0.1, -0.05) is 0 Å². The van der Waals surface area contributed by atoms with Crippen molar-refractivity contribution in [3.8, 4) is 17.2 Å². The molecule has 1 aromatic carbocycles. The summed E-state index contributed by atoms with van der Waals surface area (Å²) in [7, 11) is 4.63. The third-order valence-electron chi connectivity index (χ3n) is 4.72. The van der Waals surface area contributed by atoms with E-state index in [-0.39, 0.29) is 5.91 Å². The molecule has 156 valence electrons. The van der Waals surface area contributed by atoms with Gasteiger partial charge >= 0.3 is 0 Å². The van der Waals surface area contributed by atoms with Gasteiger partial charge in [-0.15, -0.1) is 0 Å². The van der Waals surface area contributed by atoms with Crippen molar-refractivity contribution in [2.45, 2.75) is 0 Å². The summed E-state index contributed by atoms with van der Waals surface area (Å²) in [6, 6.07) is 7.42. The fraction of sp³-hybridized carbons (Fsp3) is 0.400. The van der Waals surface area contributed by atoms with Crippen LogP contribution in [0.15, 0.2) is 34.9 Å². The van der Waals surface area contributed by atoms with Crippen molar-refractivity contribution in [3.05, 3.63) is 34.9 Å². The summed E-state index contributed by atoms with van der Waals surface area (Å²) < 4.78 is 16.9. The molecule has 0 unspecified atom stereocenters. The molecule has 1 N–H and O–H groups in total. The lowest BCUT2D eigenvalue weighted by Crippen LogP contribution is -2.48. The second-order valence-corrected chi connectivity index (χ2v) is 7.48. The Labute approximate surface area is 178 Å². The summed E-state index contributed by atoms with van der Waals surface area (Å²) in [6.07, 6.45) is 1.80. The fourth-order valence-electron chi connectivity index (χ4n) is 3.25. The molecule has 0 bridgehead atoms. The Morgan fingerprint density at radius 2 is 1.72 bits per heavy atom. The highest BCUT2D eigenvalue weighted by molar-refractivity contribution is 9.10. The molecule has 2 heterocycles. The maximum Gasteiger partial charge on any atom is 0.238 e. The van der Waals surface area contributed by atoms with Crippen LogP contribution in [0.2, 0.25) is 0 Å². The predicted molar refractivity (Wildman–Crippen MR) is 115 cm³/mol. The number of pyridine rings is 1. The van der Waals surface area contributed by atoms with Gasteiger partial charge in [-0.25, -0.2) is 4.98 Å². The second-order valence-electron chi connectivity index (χ2n) is 6.56. The van der Waals surface area contributed by atoms with Crippen LogP contribution in [-0.4, -0.2) is 69.8 Å². The number of ether oxygens (including phenoxy) is 3. The molecule has 0 saturated carbocycles. The number of halogens is 1. The highest BCUT2D eigenvalue weighted by atomic mass is 79.9. The summed E-state index contributed by atoms with van der Waals surface area (Å²) in [5, 5.41) is 2.91. The number of amides is 1. The van der Waals surface area contributed by atoms with E-state index in [9.17, 15) is 4.79 Å². The van der Waals surface area contributed by atoms with E-state index in [0.29, 0.717) is 29.5 Å². The minimum absolute atomic E-state index is 0.0884. The number of rotatable bonds is 7. The van der Waals surface area contributed by atoms with Crippen molar-refractivity contribution >= 4 is 33.3 Å². The summed E-state index contributed by atoms with van der Waals surface area (Å²) in [5.41, 5.74) is 0.599. The van der Waals surface area contributed by atoms with Crippen LogP contribution in [0, 0.1) is 0 Å². The zero-order chi connectivity index (χ0) is 20.8. The van der Waals surface area contributed by atoms with Gasteiger partial charge in [0.15, 0.2) is 11.5 Å². The van der Waals surface area contributed by atoms with E-state index in [0.717, 1.165) is 36.5 Å². The maximum atomic E-state index is 12.5. The van der Waals surface area contributed by atoms with Crippen molar-refractivity contribution < 1.29 is 19.0 Å². The lowest BCUT2D eigenvalue weighted by Gasteiger charge is -2.35. The molecule has 1 fully saturated rings. The first-order valence-electron chi connectivity index (χ1n) is 9.22. The number of piperazine rings is 1. The first-order valence-corrected chi connectivity index (χ1v) is 10.0. The van der Waals surface area contributed by atoms with E-state index in [1.54, 1.807) is 39.7 Å². The van der Waals surface area contributed by atoms with Crippen LogP contribution in [0.1, 0.15) is 0 Å². The number of nitrogens with zero attached hydrogens (tertiary/aromatic N) is 3. The molecule has 0 aliphatic carbocycles. The SMILES string of the molecule is COc1cc(NC(=O)CN2CCN(c3ccc(Br)cn3)CC2)cc(OC)c1OC. The quantitative estimate of drug-likeness (QED) is 0.674. The lowest BCUT2D eigenvalue weighted by molar-refractivity contribution is -0.117. The summed E-state index contributed by atoms with van der Waals surface area (Å²) in [6.45, 7) is 3.55. The third-order valence-corrected chi connectivity index (χ3v) is 5.19. The summed E-state index contributed by atoms with van der Waals surface area (Å²) in [5.74, 6) is 2.35. The molecule has 1 saturated heterocycles. The van der Waals surface area contributed by atoms with Gasteiger partial charge in [-0.05, 0) is 28.1 Å². The van der Waals surface area contributed by atoms with Gasteiger partial charge in [0.05, 0.1) is 27.9 Å². The molecule has 8 nitrogen and oxygen atoms in total. The second kappa shape index (κ2) is 9.80. The smallest absolute Gasteiger partial charge is 0.238 e. The predicted octanol–water partition coefficient (Wildman–Crippen LogP) is 2.63. The van der Waals surface area contributed by atoms with Gasteiger partial charge in [-0.3, -0.25) is 9.69 Å². The van der Waals surface area contributed by atoms with E-state index >= 15 is 0 Å². The molecule has 1 amide bonds. The summed E-state index contributed by atoms with van der Waals surface area (Å²) in [4.78, 5) is 21.3. The zero-order valence-corrected chi connectivity index (χ0v) is 18.4. The molecule has 9 heteroatoms. The minimum Gasteiger partial charge on any atom is -0.493 e. The van der Waals surface area contributed by atoms with Crippen molar-refractivity contribution in [2.24, 2.45) is 0 Å². The average molecular weight is 465 g/mol. The topological polar surface area (TPSA) is 76.2 Å². The molecule has 2 aromatic rings. The van der Waals surface area contributed by atoms with Gasteiger partial charge in [0.1, 0.15) is 5.82 Å². The Morgan fingerprint density at radius 3 is 2.24 bits per heavy atom. The van der Waals surface area contributed by atoms with E-state index in [2.05, 4.69) is 36.0 Å². The van der Waals surface area contributed by atoms with Crippen molar-refractivity contribution in [3.63, 3.8) is 0 Å². The van der Waals surface area contributed by atoms with E-state index < -0.39 is 0 Å². The Morgan fingerprint density at radius 1 is 1.07 bits per heavy atom. The first kappa shape index (κ1) is 21.2. The Balaban J connectivity index is 1.56. The Hall–Kier alpha value is -2.52. The van der Waals surface area contributed by atoms with Gasteiger partial charge < -0.3 is 24.4 Å². The normalized spacial score (nSPS) is 14.4.